The summed E-state index contributed by atoms with van der Waals surface area (Å²) in [7, 11) is 0. The Bertz CT molecular complexity index is 500. The van der Waals surface area contributed by atoms with Crippen molar-refractivity contribution in [3.63, 3.8) is 0 Å². The Morgan fingerprint density at radius 3 is 2.60 bits per heavy atom. The van der Waals surface area contributed by atoms with Gasteiger partial charge in [0.15, 0.2) is 0 Å². The highest BCUT2D eigenvalue weighted by Gasteiger charge is 2.38. The Hall–Kier alpha value is -1.35. The maximum Gasteiger partial charge on any atom is 0.234 e. The maximum atomic E-state index is 12.0. The molecular weight excluding hydrogens is 248 g/mol. The highest BCUT2D eigenvalue weighted by molar-refractivity contribution is 5.78. The molecule has 0 saturated carbocycles. The van der Waals surface area contributed by atoms with Crippen molar-refractivity contribution < 1.29 is 4.79 Å². The molecule has 1 atom stereocenters. The van der Waals surface area contributed by atoms with Gasteiger partial charge in [-0.15, -0.1) is 0 Å². The number of amides is 1. The third-order valence-corrected chi connectivity index (χ3v) is 3.77. The first kappa shape index (κ1) is 15.0. The van der Waals surface area contributed by atoms with Crippen LogP contribution in [-0.4, -0.2) is 18.0 Å². The van der Waals surface area contributed by atoms with E-state index in [-0.39, 0.29) is 22.9 Å². The number of rotatable bonds is 3. The van der Waals surface area contributed by atoms with Crippen LogP contribution in [0.4, 0.5) is 0 Å². The largest absolute Gasteiger partial charge is 0.350 e. The molecule has 2 N–H and O–H groups in total. The first-order valence-corrected chi connectivity index (χ1v) is 7.31. The lowest BCUT2D eigenvalue weighted by Gasteiger charge is -2.29. The molecule has 1 aromatic carbocycles. The zero-order valence-corrected chi connectivity index (χ0v) is 13.2. The van der Waals surface area contributed by atoms with E-state index in [1.807, 2.05) is 20.8 Å². The van der Waals surface area contributed by atoms with Crippen molar-refractivity contribution in [1.82, 2.24) is 10.6 Å². The highest BCUT2D eigenvalue weighted by atomic mass is 16.2. The molecule has 0 aliphatic heterocycles. The standard InChI is InChI=1S/C17H26N2O/c1-16(2,3)19-14(20)11-18-15-13-9-7-6-8-12(13)10-17(15,4)5/h6-9,15,18H,10-11H2,1-5H3,(H,19,20). The van der Waals surface area contributed by atoms with E-state index in [0.717, 1.165) is 6.42 Å². The van der Waals surface area contributed by atoms with Crippen molar-refractivity contribution in [1.29, 1.82) is 0 Å². The smallest absolute Gasteiger partial charge is 0.234 e. The molecule has 1 aliphatic rings. The first-order valence-electron chi connectivity index (χ1n) is 7.31. The summed E-state index contributed by atoms with van der Waals surface area (Å²) in [6.45, 7) is 10.9. The molecule has 3 heteroatoms. The predicted octanol–water partition coefficient (Wildman–Crippen LogP) is 2.81. The molecule has 0 radical (unpaired) electrons. The van der Waals surface area contributed by atoms with Gasteiger partial charge in [0.05, 0.1) is 6.54 Å². The molecule has 0 aromatic heterocycles. The van der Waals surface area contributed by atoms with Crippen LogP contribution in [0.3, 0.4) is 0 Å². The molecule has 0 heterocycles. The average molecular weight is 274 g/mol. The molecule has 3 nitrogen and oxygen atoms in total. The fourth-order valence-corrected chi connectivity index (χ4v) is 3.03. The van der Waals surface area contributed by atoms with Crippen LogP contribution in [0.2, 0.25) is 0 Å². The lowest BCUT2D eigenvalue weighted by atomic mass is 9.85. The normalized spacial score (nSPS) is 20.6. The molecule has 0 saturated heterocycles. The quantitative estimate of drug-likeness (QED) is 0.890. The van der Waals surface area contributed by atoms with Gasteiger partial charge in [-0.05, 0) is 43.7 Å². The number of hydrogen-bond acceptors (Lipinski definition) is 2. The second-order valence-corrected chi connectivity index (χ2v) is 7.48. The maximum absolute atomic E-state index is 12.0. The van der Waals surface area contributed by atoms with Crippen molar-refractivity contribution in [2.24, 2.45) is 5.41 Å². The number of carbonyl (C=O) groups is 1. The summed E-state index contributed by atoms with van der Waals surface area (Å²) in [5.74, 6) is 0.0534. The van der Waals surface area contributed by atoms with E-state index in [4.69, 9.17) is 0 Å². The fraction of sp³-hybridized carbons (Fsp3) is 0.588. The van der Waals surface area contributed by atoms with Gasteiger partial charge >= 0.3 is 0 Å². The van der Waals surface area contributed by atoms with Crippen molar-refractivity contribution in [2.45, 2.75) is 52.6 Å². The van der Waals surface area contributed by atoms with Crippen molar-refractivity contribution in [3.8, 4) is 0 Å². The second-order valence-electron chi connectivity index (χ2n) is 7.48. The van der Waals surface area contributed by atoms with Gasteiger partial charge in [-0.2, -0.15) is 0 Å². The third kappa shape index (κ3) is 3.40. The first-order chi connectivity index (χ1) is 9.19. The van der Waals surface area contributed by atoms with E-state index in [0.29, 0.717) is 6.54 Å². The predicted molar refractivity (Wildman–Crippen MR) is 82.6 cm³/mol. The van der Waals surface area contributed by atoms with E-state index < -0.39 is 0 Å². The Kier molecular flexibility index (Phi) is 3.92. The number of fused-ring (bicyclic) bond motifs is 1. The molecule has 1 aromatic rings. The van der Waals surface area contributed by atoms with Gasteiger partial charge in [0.1, 0.15) is 0 Å². The summed E-state index contributed by atoms with van der Waals surface area (Å²) in [5, 5.41) is 6.43. The van der Waals surface area contributed by atoms with Crippen molar-refractivity contribution >= 4 is 5.91 Å². The van der Waals surface area contributed by atoms with E-state index >= 15 is 0 Å². The lowest BCUT2D eigenvalue weighted by molar-refractivity contribution is -0.121. The van der Waals surface area contributed by atoms with Crippen molar-refractivity contribution in [3.05, 3.63) is 35.4 Å². The SMILES string of the molecule is CC(C)(C)NC(=O)CNC1c2ccccc2CC1(C)C. The molecule has 0 bridgehead atoms. The summed E-state index contributed by atoms with van der Waals surface area (Å²) in [5.41, 5.74) is 2.69. The highest BCUT2D eigenvalue weighted by Crippen LogP contribution is 2.44. The Balaban J connectivity index is 2.04. The summed E-state index contributed by atoms with van der Waals surface area (Å²) in [4.78, 5) is 12.0. The third-order valence-electron chi connectivity index (χ3n) is 3.77. The van der Waals surface area contributed by atoms with Crippen molar-refractivity contribution in [2.75, 3.05) is 6.54 Å². The van der Waals surface area contributed by atoms with Crippen LogP contribution in [0.15, 0.2) is 24.3 Å². The van der Waals surface area contributed by atoms with Gasteiger partial charge in [-0.25, -0.2) is 0 Å². The average Bonchev–Trinajstić information content (AvgIpc) is 2.53. The van der Waals surface area contributed by atoms with Gasteiger partial charge < -0.3 is 10.6 Å². The van der Waals surface area contributed by atoms with Crippen LogP contribution in [-0.2, 0) is 11.2 Å². The minimum absolute atomic E-state index is 0.0534. The van der Waals surface area contributed by atoms with Crippen LogP contribution in [0.5, 0.6) is 0 Å². The number of carbonyl (C=O) groups excluding carboxylic acids is 1. The molecule has 110 valence electrons. The minimum Gasteiger partial charge on any atom is -0.350 e. The summed E-state index contributed by atoms with van der Waals surface area (Å²) < 4.78 is 0. The van der Waals surface area contributed by atoms with E-state index in [2.05, 4.69) is 48.7 Å². The zero-order valence-electron chi connectivity index (χ0n) is 13.2. The van der Waals surface area contributed by atoms with E-state index in [1.165, 1.54) is 11.1 Å². The van der Waals surface area contributed by atoms with Crippen LogP contribution in [0.1, 0.15) is 51.8 Å². The Morgan fingerprint density at radius 1 is 1.30 bits per heavy atom. The zero-order chi connectivity index (χ0) is 15.0. The van der Waals surface area contributed by atoms with E-state index in [1.54, 1.807) is 0 Å². The minimum atomic E-state index is -0.179. The molecule has 1 aliphatic carbocycles. The van der Waals surface area contributed by atoms with Crippen LogP contribution in [0, 0.1) is 5.41 Å². The number of nitrogens with one attached hydrogen (secondary N) is 2. The number of hydrogen-bond donors (Lipinski definition) is 2. The molecule has 1 unspecified atom stereocenters. The second kappa shape index (κ2) is 5.21. The molecule has 2 rings (SSSR count). The van der Waals surface area contributed by atoms with Gasteiger partial charge in [0.2, 0.25) is 5.91 Å². The topological polar surface area (TPSA) is 41.1 Å². The summed E-state index contributed by atoms with van der Waals surface area (Å²) in [6, 6.07) is 8.76. The number of benzene rings is 1. The van der Waals surface area contributed by atoms with Gasteiger partial charge in [0, 0.05) is 11.6 Å². The summed E-state index contributed by atoms with van der Waals surface area (Å²) in [6.07, 6.45) is 1.06. The van der Waals surface area contributed by atoms with E-state index in [9.17, 15) is 4.79 Å². The van der Waals surface area contributed by atoms with Crippen LogP contribution < -0.4 is 10.6 Å². The van der Waals surface area contributed by atoms with Gasteiger partial charge in [0.25, 0.3) is 0 Å². The lowest BCUT2D eigenvalue weighted by Crippen LogP contribution is -2.46. The monoisotopic (exact) mass is 274 g/mol. The molecule has 0 fully saturated rings. The van der Waals surface area contributed by atoms with Crippen LogP contribution in [0.25, 0.3) is 0 Å². The molecule has 1 amide bonds. The van der Waals surface area contributed by atoms with Gasteiger partial charge in [-0.1, -0.05) is 38.1 Å². The molecule has 0 spiro atoms. The van der Waals surface area contributed by atoms with Gasteiger partial charge in [-0.3, -0.25) is 4.79 Å². The van der Waals surface area contributed by atoms with Crippen LogP contribution >= 0.6 is 0 Å². The Labute approximate surface area is 122 Å². The Morgan fingerprint density at radius 2 is 1.95 bits per heavy atom. The fourth-order valence-electron chi connectivity index (χ4n) is 3.03. The molecular formula is C17H26N2O. The molecule has 20 heavy (non-hydrogen) atoms. The summed E-state index contributed by atoms with van der Waals surface area (Å²) >= 11 is 0.